The molecule has 1 N–H and O–H groups in total. The molecule has 0 fully saturated rings. The van der Waals surface area contributed by atoms with Crippen LogP contribution in [0.1, 0.15) is 39.0 Å². The highest BCUT2D eigenvalue weighted by molar-refractivity contribution is 5.82. The van der Waals surface area contributed by atoms with Gasteiger partial charge in [0.25, 0.3) is 0 Å². The minimum Gasteiger partial charge on any atom is -0.463 e. The molecule has 0 aliphatic heterocycles. The largest absolute Gasteiger partial charge is 0.463 e. The maximum atomic E-state index is 10.9. The predicted octanol–water partition coefficient (Wildman–Crippen LogP) is 2.61. The van der Waals surface area contributed by atoms with E-state index in [4.69, 9.17) is 9.84 Å². The topological polar surface area (TPSA) is 46.5 Å². The van der Waals surface area contributed by atoms with Gasteiger partial charge >= 0.3 is 5.97 Å². The highest BCUT2D eigenvalue weighted by Gasteiger charge is 1.89. The van der Waals surface area contributed by atoms with Gasteiger partial charge in [0, 0.05) is 25.5 Å². The van der Waals surface area contributed by atoms with Crippen LogP contribution in [0, 0.1) is 11.8 Å². The van der Waals surface area contributed by atoms with E-state index in [9.17, 15) is 4.79 Å². The van der Waals surface area contributed by atoms with Crippen molar-refractivity contribution in [1.82, 2.24) is 0 Å². The van der Waals surface area contributed by atoms with Crippen molar-refractivity contribution in [2.75, 3.05) is 13.2 Å². The number of hydrogen-bond donors (Lipinski definition) is 1. The third kappa shape index (κ3) is 12.5. The molecule has 18 heavy (non-hydrogen) atoms. The van der Waals surface area contributed by atoms with Crippen LogP contribution in [0.3, 0.4) is 0 Å². The van der Waals surface area contributed by atoms with Crippen molar-refractivity contribution in [2.24, 2.45) is 0 Å². The summed E-state index contributed by atoms with van der Waals surface area (Å²) in [5, 5.41) is 8.55. The Morgan fingerprint density at radius 1 is 1.22 bits per heavy atom. The van der Waals surface area contributed by atoms with Gasteiger partial charge in [0.15, 0.2) is 0 Å². The first-order chi connectivity index (χ1) is 8.81. The Balaban J connectivity index is 3.47. The van der Waals surface area contributed by atoms with E-state index in [1.807, 2.05) is 12.2 Å². The molecule has 0 aliphatic rings. The van der Waals surface area contributed by atoms with Gasteiger partial charge in [-0.2, -0.15) is 0 Å². The van der Waals surface area contributed by atoms with Gasteiger partial charge in [0.2, 0.25) is 0 Å². The lowest BCUT2D eigenvalue weighted by molar-refractivity contribution is -0.137. The highest BCUT2D eigenvalue weighted by Crippen LogP contribution is 1.96. The lowest BCUT2D eigenvalue weighted by atomic mass is 10.2. The maximum absolute atomic E-state index is 10.9. The standard InChI is InChI=1S/C15H22O3/c1-2-18-15(17)13-11-9-7-5-3-4-6-8-10-12-14-16/h7,9,11,13,16H,2-5,10,12,14H2,1H3/b9-7+,13-11+. The Hall–Kier alpha value is -1.53. The summed E-state index contributed by atoms with van der Waals surface area (Å²) < 4.78 is 4.74. The molecule has 0 bridgehead atoms. The van der Waals surface area contributed by atoms with Crippen molar-refractivity contribution in [2.45, 2.75) is 39.0 Å². The zero-order valence-electron chi connectivity index (χ0n) is 11.0. The van der Waals surface area contributed by atoms with Crippen molar-refractivity contribution in [1.29, 1.82) is 0 Å². The van der Waals surface area contributed by atoms with E-state index in [1.54, 1.807) is 13.0 Å². The van der Waals surface area contributed by atoms with Gasteiger partial charge in [-0.3, -0.25) is 0 Å². The predicted molar refractivity (Wildman–Crippen MR) is 72.9 cm³/mol. The number of rotatable bonds is 8. The fourth-order valence-electron chi connectivity index (χ4n) is 1.15. The molecule has 0 heterocycles. The van der Waals surface area contributed by atoms with Gasteiger partial charge < -0.3 is 9.84 Å². The summed E-state index contributed by atoms with van der Waals surface area (Å²) in [6.07, 6.45) is 11.3. The SMILES string of the molecule is CCOC(=O)/C=C/C=C/CCCC#CCCCO. The van der Waals surface area contributed by atoms with E-state index in [1.165, 1.54) is 6.08 Å². The van der Waals surface area contributed by atoms with Crippen LogP contribution in [0.15, 0.2) is 24.3 Å². The van der Waals surface area contributed by atoms with E-state index < -0.39 is 0 Å². The number of hydrogen-bond acceptors (Lipinski definition) is 3. The molecule has 0 atom stereocenters. The number of unbranched alkanes of at least 4 members (excludes halogenated alkanes) is 3. The van der Waals surface area contributed by atoms with E-state index in [2.05, 4.69) is 11.8 Å². The molecule has 3 nitrogen and oxygen atoms in total. The fraction of sp³-hybridized carbons (Fsp3) is 0.533. The number of ether oxygens (including phenoxy) is 1. The van der Waals surface area contributed by atoms with Gasteiger partial charge in [-0.15, -0.1) is 11.8 Å². The third-order valence-corrected chi connectivity index (χ3v) is 2.02. The summed E-state index contributed by atoms with van der Waals surface area (Å²) in [5.74, 6) is 5.76. The molecule has 3 heteroatoms. The van der Waals surface area contributed by atoms with Crippen LogP contribution < -0.4 is 0 Å². The Bertz CT molecular complexity index is 318. The Morgan fingerprint density at radius 3 is 2.61 bits per heavy atom. The average Bonchev–Trinajstić information content (AvgIpc) is 2.36. The minimum atomic E-state index is -0.308. The van der Waals surface area contributed by atoms with Crippen molar-refractivity contribution >= 4 is 5.97 Å². The van der Waals surface area contributed by atoms with Crippen molar-refractivity contribution in [3.05, 3.63) is 24.3 Å². The monoisotopic (exact) mass is 250 g/mol. The number of aliphatic hydroxyl groups excluding tert-OH is 1. The van der Waals surface area contributed by atoms with Gasteiger partial charge in [-0.25, -0.2) is 4.79 Å². The first kappa shape index (κ1) is 16.5. The molecule has 0 rings (SSSR count). The van der Waals surface area contributed by atoms with Crippen molar-refractivity contribution in [3.63, 3.8) is 0 Å². The molecule has 0 amide bonds. The van der Waals surface area contributed by atoms with Crippen LogP contribution in [-0.4, -0.2) is 24.3 Å². The van der Waals surface area contributed by atoms with Crippen LogP contribution in [0.5, 0.6) is 0 Å². The van der Waals surface area contributed by atoms with Crippen LogP contribution >= 0.6 is 0 Å². The van der Waals surface area contributed by atoms with Crippen molar-refractivity contribution < 1.29 is 14.6 Å². The fourth-order valence-corrected chi connectivity index (χ4v) is 1.15. The summed E-state index contributed by atoms with van der Waals surface area (Å²) >= 11 is 0. The molecule has 100 valence electrons. The molecule has 0 saturated carbocycles. The molecular formula is C15H22O3. The van der Waals surface area contributed by atoms with E-state index in [-0.39, 0.29) is 12.6 Å². The summed E-state index contributed by atoms with van der Waals surface area (Å²) in [6, 6.07) is 0. The zero-order chi connectivity index (χ0) is 13.5. The molecular weight excluding hydrogens is 228 g/mol. The number of carbonyl (C=O) groups excluding carboxylic acids is 1. The number of aliphatic hydroxyl groups is 1. The molecule has 0 saturated heterocycles. The van der Waals surface area contributed by atoms with Gasteiger partial charge in [-0.05, 0) is 26.2 Å². The second-order valence-corrected chi connectivity index (χ2v) is 3.61. The van der Waals surface area contributed by atoms with Gasteiger partial charge in [0.1, 0.15) is 0 Å². The lowest BCUT2D eigenvalue weighted by Gasteiger charge is -1.92. The number of carbonyl (C=O) groups is 1. The zero-order valence-corrected chi connectivity index (χ0v) is 11.0. The molecule has 0 aromatic carbocycles. The molecule has 0 aromatic heterocycles. The van der Waals surface area contributed by atoms with E-state index >= 15 is 0 Å². The molecule has 0 spiro atoms. The summed E-state index contributed by atoms with van der Waals surface area (Å²) in [4.78, 5) is 10.9. The van der Waals surface area contributed by atoms with Gasteiger partial charge in [0.05, 0.1) is 6.61 Å². The Kier molecular flexibility index (Phi) is 12.4. The first-order valence-corrected chi connectivity index (χ1v) is 6.37. The second-order valence-electron chi connectivity index (χ2n) is 3.61. The first-order valence-electron chi connectivity index (χ1n) is 6.37. The highest BCUT2D eigenvalue weighted by atomic mass is 16.5. The summed E-state index contributed by atoms with van der Waals surface area (Å²) in [7, 11) is 0. The average molecular weight is 250 g/mol. The molecule has 0 radical (unpaired) electrons. The van der Waals surface area contributed by atoms with Crippen LogP contribution in [-0.2, 0) is 9.53 Å². The van der Waals surface area contributed by atoms with E-state index in [0.717, 1.165) is 32.1 Å². The van der Waals surface area contributed by atoms with Crippen LogP contribution in [0.2, 0.25) is 0 Å². The Morgan fingerprint density at radius 2 is 1.94 bits per heavy atom. The minimum absolute atomic E-state index is 0.213. The van der Waals surface area contributed by atoms with Gasteiger partial charge in [-0.1, -0.05) is 18.2 Å². The summed E-state index contributed by atoms with van der Waals surface area (Å²) in [6.45, 7) is 2.40. The van der Waals surface area contributed by atoms with Crippen LogP contribution in [0.25, 0.3) is 0 Å². The van der Waals surface area contributed by atoms with Crippen molar-refractivity contribution in [3.8, 4) is 11.8 Å². The molecule has 0 aromatic rings. The maximum Gasteiger partial charge on any atom is 0.330 e. The normalized spacial score (nSPS) is 10.6. The molecule has 0 unspecified atom stereocenters. The Labute approximate surface area is 110 Å². The number of esters is 1. The quantitative estimate of drug-likeness (QED) is 0.237. The third-order valence-electron chi connectivity index (χ3n) is 2.02. The second kappa shape index (κ2) is 13.5. The lowest BCUT2D eigenvalue weighted by Crippen LogP contribution is -1.98. The van der Waals surface area contributed by atoms with E-state index in [0.29, 0.717) is 6.61 Å². The molecule has 0 aliphatic carbocycles. The number of allylic oxidation sites excluding steroid dienone is 3. The van der Waals surface area contributed by atoms with Crippen LogP contribution in [0.4, 0.5) is 0 Å². The summed E-state index contributed by atoms with van der Waals surface area (Å²) in [5.41, 5.74) is 0. The smallest absolute Gasteiger partial charge is 0.330 e.